The molecular weight excluding hydrogens is 1270 g/mol. The number of carbonyl (C=O) groups is 6. The smallest absolute Gasteiger partial charge is 0.320 e. The average molecular weight is 1330 g/mol. The highest BCUT2D eigenvalue weighted by atomic mass is 32.1. The molecule has 0 aromatic carbocycles. The number of hydrogen-bond acceptors (Lipinski definition) is 24. The molecule has 0 radical (unpaired) electrons. The molecule has 18 N–H and O–H groups in total. The van der Waals surface area contributed by atoms with Crippen molar-refractivity contribution < 1.29 is 59.4 Å². The number of aliphatic carboxylic acids is 6. The van der Waals surface area contributed by atoms with Crippen LogP contribution in [-0.4, -0.2) is 128 Å². The van der Waals surface area contributed by atoms with Gasteiger partial charge in [-0.15, -0.1) is 11.3 Å². The number of nitrogens with zero attached hydrogens (tertiary/aromatic N) is 23. The van der Waals surface area contributed by atoms with Gasteiger partial charge in [-0.05, 0) is 134 Å². The van der Waals surface area contributed by atoms with Gasteiger partial charge in [0, 0.05) is 113 Å². The van der Waals surface area contributed by atoms with Crippen molar-refractivity contribution in [3.8, 4) is 0 Å². The Morgan fingerprint density at radius 2 is 0.779 bits per heavy atom. The largest absolute Gasteiger partial charge is 0.480 e. The molecule has 0 saturated heterocycles. The van der Waals surface area contributed by atoms with Gasteiger partial charge in [0.1, 0.15) is 36.3 Å². The van der Waals surface area contributed by atoms with Crippen molar-refractivity contribution in [2.45, 2.75) is 114 Å². The summed E-state index contributed by atoms with van der Waals surface area (Å²) in [6.45, 7) is 1.26. The third kappa shape index (κ3) is 37.0. The van der Waals surface area contributed by atoms with E-state index in [0.29, 0.717) is 47.0 Å². The molecule has 6 heterocycles. The third-order valence-electron chi connectivity index (χ3n) is 11.5. The van der Waals surface area contributed by atoms with E-state index in [9.17, 15) is 28.8 Å². The summed E-state index contributed by atoms with van der Waals surface area (Å²) in [4.78, 5) is 99.9. The highest BCUT2D eigenvalue weighted by Gasteiger charge is 2.17. The minimum absolute atomic E-state index is 0.145. The van der Waals surface area contributed by atoms with E-state index in [0.717, 1.165) is 32.7 Å². The van der Waals surface area contributed by atoms with E-state index in [-0.39, 0.29) is 64.8 Å². The summed E-state index contributed by atoms with van der Waals surface area (Å²) in [5.74, 6) is -6.30. The first-order valence-corrected chi connectivity index (χ1v) is 27.9. The van der Waals surface area contributed by atoms with Crippen molar-refractivity contribution in [2.75, 3.05) is 0 Å². The van der Waals surface area contributed by atoms with Gasteiger partial charge in [0.05, 0.1) is 39.3 Å². The summed E-state index contributed by atoms with van der Waals surface area (Å²) in [5, 5.41) is 73.9. The second-order valence-corrected chi connectivity index (χ2v) is 19.9. The second kappa shape index (κ2) is 46.9. The number of carboxylic acids is 6. The molecule has 0 aliphatic rings. The Balaban J connectivity index is 0.000000570. The molecule has 6 aromatic heterocycles. The molecule has 6 rings (SSSR count). The second-order valence-electron chi connectivity index (χ2n) is 18.9. The van der Waals surface area contributed by atoms with E-state index in [2.05, 4.69) is 85.1 Å². The van der Waals surface area contributed by atoms with Crippen LogP contribution < -0.4 is 34.4 Å². The standard InChI is InChI=1S/5C9H11N5O2.C8H10N4O2S/c10-8(9(15)16)2-6-1-7(4-12-3-6)5-13-14-11;10-8(9(15)16)3-7-2-1-6(4-12-7)5-13-14-11;10-8(9(15)16)4-7-3-6(1-2-12-7)5-13-14-11;10-8(9(15)16)3-6-1-2-7(12-4-6)5-13-14-11;10-8(9(15)16)4-6-2-1-3-7(13-6)5-12-14-11;9-7(8(13)14)2-5-1-6(15-4-5)3-11-12-10/h1,3-4,8H,2,5,10H2,(H,15,16);1-2,4,8H,3,5,10H2,(H,15,16);1-3,8H,4-5,10H2,(H,15,16);1-2,4,8H,3,5,10H2,(H,15,16);1-3,8H,4-5,10H2,(H,15,16);1,4,7H,2-3,9H2,(H,13,14)/t5*8-;7-/m000000/s1. The van der Waals surface area contributed by atoms with E-state index in [1.54, 1.807) is 79.3 Å². The average Bonchev–Trinajstić information content (AvgIpc) is 1.74. The molecule has 42 heteroatoms. The van der Waals surface area contributed by atoms with Gasteiger partial charge in [-0.25, -0.2) is 0 Å². The van der Waals surface area contributed by atoms with Gasteiger partial charge in [-0.2, -0.15) is 0 Å². The molecule has 0 bridgehead atoms. The molecule has 41 nitrogen and oxygen atoms in total. The van der Waals surface area contributed by atoms with Gasteiger partial charge in [0.25, 0.3) is 0 Å². The molecule has 0 aliphatic heterocycles. The highest BCUT2D eigenvalue weighted by Crippen LogP contribution is 2.17. The molecule has 0 spiro atoms. The summed E-state index contributed by atoms with van der Waals surface area (Å²) < 4.78 is 0. The lowest BCUT2D eigenvalue weighted by Gasteiger charge is -2.06. The minimum atomic E-state index is -1.07. The Kier molecular flexibility index (Phi) is 39.9. The first-order valence-electron chi connectivity index (χ1n) is 27.0. The van der Waals surface area contributed by atoms with Gasteiger partial charge in [-0.3, -0.25) is 53.7 Å². The van der Waals surface area contributed by atoms with Gasteiger partial charge < -0.3 is 65.0 Å². The normalized spacial score (nSPS) is 11.6. The number of carboxylic acid groups (broad SMARTS) is 6. The van der Waals surface area contributed by atoms with E-state index >= 15 is 0 Å². The van der Waals surface area contributed by atoms with Gasteiger partial charge >= 0.3 is 35.8 Å². The molecular formula is C53H65N29O12S. The zero-order valence-corrected chi connectivity index (χ0v) is 50.9. The van der Waals surface area contributed by atoms with E-state index in [1.807, 2.05) is 11.4 Å². The van der Waals surface area contributed by atoms with E-state index in [4.69, 9.17) is 98.2 Å². The Morgan fingerprint density at radius 3 is 1.28 bits per heavy atom. The summed E-state index contributed by atoms with van der Waals surface area (Å²) in [5.41, 5.74) is 88.6. The number of azide groups is 6. The van der Waals surface area contributed by atoms with E-state index in [1.165, 1.54) is 23.7 Å². The van der Waals surface area contributed by atoms with Crippen LogP contribution in [0.4, 0.5) is 0 Å². The van der Waals surface area contributed by atoms with Gasteiger partial charge in [0.2, 0.25) is 0 Å². The first-order chi connectivity index (χ1) is 45.3. The monoisotopic (exact) mass is 1330 g/mol. The van der Waals surface area contributed by atoms with Crippen molar-refractivity contribution >= 4 is 47.2 Å². The number of thiophene rings is 1. The fraction of sp³-hybridized carbons (Fsp3) is 0.340. The number of rotatable bonds is 30. The van der Waals surface area contributed by atoms with Crippen LogP contribution in [0, 0.1) is 0 Å². The summed E-state index contributed by atoms with van der Waals surface area (Å²) >= 11 is 1.43. The van der Waals surface area contributed by atoms with Crippen LogP contribution in [0.1, 0.15) is 66.7 Å². The number of nitrogens with two attached hydrogens (primary N) is 6. The number of pyridine rings is 5. The van der Waals surface area contributed by atoms with Crippen molar-refractivity contribution in [3.63, 3.8) is 0 Å². The van der Waals surface area contributed by atoms with Crippen LogP contribution in [0.3, 0.4) is 0 Å². The summed E-state index contributed by atoms with van der Waals surface area (Å²) in [6.07, 6.45) is 8.91. The lowest BCUT2D eigenvalue weighted by molar-refractivity contribution is -0.139. The Labute approximate surface area is 541 Å². The molecule has 0 amide bonds. The zero-order valence-electron chi connectivity index (χ0n) is 50.1. The lowest BCUT2D eigenvalue weighted by atomic mass is 10.1. The van der Waals surface area contributed by atoms with Crippen LogP contribution in [-0.2, 0) is 107 Å². The van der Waals surface area contributed by atoms with Gasteiger partial charge in [0.15, 0.2) is 0 Å². The van der Waals surface area contributed by atoms with Crippen LogP contribution in [0.25, 0.3) is 62.7 Å². The Bertz CT molecular complexity index is 3480. The Hall–Kier alpha value is -12.1. The quantitative estimate of drug-likeness (QED) is 0.0145. The fourth-order valence-electron chi connectivity index (χ4n) is 6.77. The molecule has 0 aliphatic carbocycles. The molecule has 0 fully saturated rings. The lowest BCUT2D eigenvalue weighted by Crippen LogP contribution is -2.32. The number of aromatic nitrogens is 5. The minimum Gasteiger partial charge on any atom is -0.480 e. The van der Waals surface area contributed by atoms with E-state index < -0.39 is 72.1 Å². The van der Waals surface area contributed by atoms with Crippen LogP contribution >= 0.6 is 11.3 Å². The maximum absolute atomic E-state index is 10.5. The molecule has 6 atom stereocenters. The first kappa shape index (κ1) is 80.9. The zero-order chi connectivity index (χ0) is 71.1. The summed E-state index contributed by atoms with van der Waals surface area (Å²) in [7, 11) is 0. The molecule has 95 heavy (non-hydrogen) atoms. The molecule has 6 aromatic rings. The number of hydrogen-bond donors (Lipinski definition) is 12. The van der Waals surface area contributed by atoms with Crippen molar-refractivity contribution in [2.24, 2.45) is 65.1 Å². The topological polar surface area (TPSA) is 737 Å². The van der Waals surface area contributed by atoms with Gasteiger partial charge in [-0.1, -0.05) is 55.0 Å². The Morgan fingerprint density at radius 1 is 0.379 bits per heavy atom. The summed E-state index contributed by atoms with van der Waals surface area (Å²) in [6, 6.07) is 13.2. The molecule has 500 valence electrons. The maximum Gasteiger partial charge on any atom is 0.320 e. The van der Waals surface area contributed by atoms with Crippen molar-refractivity contribution in [1.29, 1.82) is 0 Å². The maximum atomic E-state index is 10.5. The molecule has 0 saturated carbocycles. The van der Waals surface area contributed by atoms with Crippen molar-refractivity contribution in [1.82, 2.24) is 24.9 Å². The SMILES string of the molecule is [N-]=[N+]=NCc1cc(C[C@H](N)C(=O)O)cs1.[N-]=[N+]=NCc1ccc(C[C@H](N)C(=O)O)cn1.[N-]=[N+]=NCc1ccc(C[C@H](N)C(=O)O)nc1.[N-]=[N+]=NCc1cccc(C[C@H](N)C(=O)O)n1.[N-]=[N+]=NCc1ccnc(C[C@H](N)C(=O)O)c1.[N-]=[N+]=NCc1cncc(C[C@H](N)C(=O)O)c1. The predicted molar refractivity (Wildman–Crippen MR) is 338 cm³/mol. The van der Waals surface area contributed by atoms with Crippen LogP contribution in [0.5, 0.6) is 0 Å². The predicted octanol–water partition coefficient (Wildman–Crippen LogP) is 5.74. The van der Waals surface area contributed by atoms with Crippen LogP contribution in [0.15, 0.2) is 134 Å². The molecule has 0 unspecified atom stereocenters. The third-order valence-corrected chi connectivity index (χ3v) is 12.4. The van der Waals surface area contributed by atoms with Crippen molar-refractivity contribution in [3.05, 3.63) is 232 Å². The highest BCUT2D eigenvalue weighted by molar-refractivity contribution is 7.10. The van der Waals surface area contributed by atoms with Crippen LogP contribution in [0.2, 0.25) is 0 Å². The fourth-order valence-corrected chi connectivity index (χ4v) is 7.59.